The first-order valence-electron chi connectivity index (χ1n) is 3.83. The fourth-order valence-corrected chi connectivity index (χ4v) is 1.12. The maximum absolute atomic E-state index is 9.92. The SMILES string of the molecule is Cc1ccc(CCOP=O)cc1.[AlH3]. The fourth-order valence-electron chi connectivity index (χ4n) is 0.956. The largest absolute Gasteiger partial charge is 0.327 e. The van der Waals surface area contributed by atoms with Gasteiger partial charge in [-0.15, -0.1) is 0 Å². The summed E-state index contributed by atoms with van der Waals surface area (Å²) in [7, 11) is -0.234. The first-order chi connectivity index (χ1) is 5.83. The van der Waals surface area contributed by atoms with Crippen molar-refractivity contribution in [3.63, 3.8) is 0 Å². The van der Waals surface area contributed by atoms with Gasteiger partial charge in [-0.05, 0) is 18.9 Å². The first kappa shape index (κ1) is 12.8. The molecule has 0 radical (unpaired) electrons. The lowest BCUT2D eigenvalue weighted by atomic mass is 10.1. The van der Waals surface area contributed by atoms with Gasteiger partial charge in [0.25, 0.3) is 0 Å². The average Bonchev–Trinajstić information content (AvgIpc) is 2.09. The van der Waals surface area contributed by atoms with Crippen LogP contribution in [-0.2, 0) is 15.5 Å². The van der Waals surface area contributed by atoms with Gasteiger partial charge in [0.15, 0.2) is 17.4 Å². The highest BCUT2D eigenvalue weighted by molar-refractivity contribution is 7.17. The number of hydrogen-bond donors (Lipinski definition) is 0. The minimum absolute atomic E-state index is 0. The van der Waals surface area contributed by atoms with Crippen LogP contribution in [0.2, 0.25) is 0 Å². The van der Waals surface area contributed by atoms with E-state index in [9.17, 15) is 4.57 Å². The van der Waals surface area contributed by atoms with Gasteiger partial charge in [-0.1, -0.05) is 29.8 Å². The van der Waals surface area contributed by atoms with Crippen molar-refractivity contribution in [2.75, 3.05) is 6.61 Å². The molecule has 0 atom stereocenters. The molecule has 13 heavy (non-hydrogen) atoms. The lowest BCUT2D eigenvalue weighted by molar-refractivity contribution is 0.347. The Morgan fingerprint density at radius 3 is 2.46 bits per heavy atom. The zero-order chi connectivity index (χ0) is 8.81. The van der Waals surface area contributed by atoms with E-state index in [4.69, 9.17) is 0 Å². The minimum atomic E-state index is -0.234. The molecule has 0 aromatic heterocycles. The van der Waals surface area contributed by atoms with Gasteiger partial charge in [0, 0.05) is 0 Å². The maximum Gasteiger partial charge on any atom is 0.327 e. The van der Waals surface area contributed by atoms with Gasteiger partial charge in [0.1, 0.15) is 0 Å². The van der Waals surface area contributed by atoms with Crippen LogP contribution in [0.1, 0.15) is 11.1 Å². The van der Waals surface area contributed by atoms with Crippen molar-refractivity contribution in [3.05, 3.63) is 35.4 Å². The molecule has 0 saturated heterocycles. The predicted octanol–water partition coefficient (Wildman–Crippen LogP) is 1.58. The van der Waals surface area contributed by atoms with E-state index < -0.39 is 0 Å². The number of rotatable bonds is 4. The third kappa shape index (κ3) is 5.18. The van der Waals surface area contributed by atoms with E-state index in [1.54, 1.807) is 0 Å². The molecule has 1 rings (SSSR count). The van der Waals surface area contributed by atoms with E-state index in [1.165, 1.54) is 11.1 Å². The Balaban J connectivity index is 0.00000144. The van der Waals surface area contributed by atoms with E-state index in [1.807, 2.05) is 0 Å². The maximum atomic E-state index is 9.92. The molecule has 2 nitrogen and oxygen atoms in total. The van der Waals surface area contributed by atoms with Crippen LogP contribution in [0.5, 0.6) is 0 Å². The van der Waals surface area contributed by atoms with Crippen molar-refractivity contribution in [2.24, 2.45) is 0 Å². The molecule has 0 heterocycles. The lowest BCUT2D eigenvalue weighted by Gasteiger charge is -1.98. The molecule has 0 N–H and O–H groups in total. The highest BCUT2D eigenvalue weighted by Gasteiger charge is 1.92. The molecule has 0 aliphatic carbocycles. The molecule has 4 heteroatoms. The molecular formula is C9H14AlO2P. The van der Waals surface area contributed by atoms with Gasteiger partial charge in [-0.3, -0.25) is 4.52 Å². The summed E-state index contributed by atoms with van der Waals surface area (Å²) < 4.78 is 14.6. The van der Waals surface area contributed by atoms with E-state index in [-0.39, 0.29) is 26.0 Å². The topological polar surface area (TPSA) is 26.3 Å². The molecule has 0 aliphatic rings. The Bertz CT molecular complexity index is 248. The van der Waals surface area contributed by atoms with Crippen molar-refractivity contribution >= 4 is 26.0 Å². The quantitative estimate of drug-likeness (QED) is 0.430. The Hall–Kier alpha value is -0.188. The van der Waals surface area contributed by atoms with Crippen molar-refractivity contribution in [1.82, 2.24) is 0 Å². The minimum Gasteiger partial charge on any atom is -0.294 e. The van der Waals surface area contributed by atoms with Gasteiger partial charge in [-0.2, -0.15) is 0 Å². The van der Waals surface area contributed by atoms with Gasteiger partial charge >= 0.3 is 8.69 Å². The molecule has 0 unspecified atom stereocenters. The Kier molecular flexibility index (Phi) is 7.13. The molecule has 0 aliphatic heterocycles. The van der Waals surface area contributed by atoms with Crippen LogP contribution < -0.4 is 0 Å². The van der Waals surface area contributed by atoms with E-state index in [0.29, 0.717) is 6.61 Å². The van der Waals surface area contributed by atoms with Crippen LogP contribution in [-0.4, -0.2) is 24.0 Å². The van der Waals surface area contributed by atoms with Crippen LogP contribution in [0, 0.1) is 6.92 Å². The van der Waals surface area contributed by atoms with Crippen molar-refractivity contribution in [2.45, 2.75) is 13.3 Å². The molecule has 1 aromatic rings. The van der Waals surface area contributed by atoms with E-state index in [0.717, 1.165) is 6.42 Å². The van der Waals surface area contributed by atoms with Crippen LogP contribution in [0.15, 0.2) is 24.3 Å². The molecular weight excluding hydrogens is 198 g/mol. The molecule has 0 saturated carbocycles. The van der Waals surface area contributed by atoms with Crippen molar-refractivity contribution in [3.8, 4) is 0 Å². The average molecular weight is 212 g/mol. The van der Waals surface area contributed by atoms with Crippen molar-refractivity contribution in [1.29, 1.82) is 0 Å². The highest BCUT2D eigenvalue weighted by Crippen LogP contribution is 2.05. The summed E-state index contributed by atoms with van der Waals surface area (Å²) >= 11 is 0. The summed E-state index contributed by atoms with van der Waals surface area (Å²) in [4.78, 5) is 0. The summed E-state index contributed by atoms with van der Waals surface area (Å²) in [6, 6.07) is 8.23. The number of hydrogen-bond acceptors (Lipinski definition) is 2. The first-order valence-corrected chi connectivity index (χ1v) is 4.56. The predicted molar refractivity (Wildman–Crippen MR) is 58.4 cm³/mol. The summed E-state index contributed by atoms with van der Waals surface area (Å²) in [5, 5.41) is 0. The summed E-state index contributed by atoms with van der Waals surface area (Å²) in [5.74, 6) is 0. The second-order valence-electron chi connectivity index (χ2n) is 2.64. The summed E-state index contributed by atoms with van der Waals surface area (Å²) in [6.07, 6.45) is 0.815. The molecule has 0 amide bonds. The monoisotopic (exact) mass is 212 g/mol. The van der Waals surface area contributed by atoms with Gasteiger partial charge in [0.2, 0.25) is 0 Å². The molecule has 0 fully saturated rings. The van der Waals surface area contributed by atoms with E-state index in [2.05, 4.69) is 35.7 Å². The summed E-state index contributed by atoms with van der Waals surface area (Å²) in [5.41, 5.74) is 2.46. The normalized spacial score (nSPS) is 9.62. The molecule has 1 aromatic carbocycles. The second kappa shape index (κ2) is 7.24. The fraction of sp³-hybridized carbons (Fsp3) is 0.333. The third-order valence-corrected chi connectivity index (χ3v) is 1.94. The lowest BCUT2D eigenvalue weighted by Crippen LogP contribution is -1.91. The third-order valence-electron chi connectivity index (χ3n) is 1.66. The standard InChI is InChI=1S/C9H11O2P.Al.3H/c1-8-2-4-9(5-3-8)6-7-11-12-10;;;;/h2-5H,6-7H2,1H3;;;;. The Morgan fingerprint density at radius 2 is 1.92 bits per heavy atom. The van der Waals surface area contributed by atoms with Crippen LogP contribution in [0.4, 0.5) is 0 Å². The van der Waals surface area contributed by atoms with Gasteiger partial charge < -0.3 is 0 Å². The molecule has 0 spiro atoms. The van der Waals surface area contributed by atoms with Gasteiger partial charge in [-0.25, -0.2) is 4.57 Å². The smallest absolute Gasteiger partial charge is 0.294 e. The van der Waals surface area contributed by atoms with Crippen molar-refractivity contribution < 1.29 is 9.09 Å². The molecule has 0 bridgehead atoms. The van der Waals surface area contributed by atoms with Gasteiger partial charge in [0.05, 0.1) is 6.61 Å². The van der Waals surface area contributed by atoms with Crippen LogP contribution >= 0.6 is 8.69 Å². The number of aryl methyl sites for hydroxylation is 1. The van der Waals surface area contributed by atoms with Crippen LogP contribution in [0.3, 0.4) is 0 Å². The van der Waals surface area contributed by atoms with Crippen LogP contribution in [0.25, 0.3) is 0 Å². The number of benzene rings is 1. The Labute approximate surface area is 90.7 Å². The zero-order valence-corrected chi connectivity index (χ0v) is 7.88. The Morgan fingerprint density at radius 1 is 1.31 bits per heavy atom. The molecule has 70 valence electrons. The highest BCUT2D eigenvalue weighted by atomic mass is 31.1. The second-order valence-corrected chi connectivity index (χ2v) is 3.05. The van der Waals surface area contributed by atoms with E-state index >= 15 is 0 Å². The summed E-state index contributed by atoms with van der Waals surface area (Å²) in [6.45, 7) is 2.56. The zero-order valence-electron chi connectivity index (χ0n) is 6.99.